The van der Waals surface area contributed by atoms with Gasteiger partial charge >= 0.3 is 0 Å². The predicted octanol–water partition coefficient (Wildman–Crippen LogP) is 3.37. The number of aromatic nitrogens is 2. The molecule has 1 fully saturated rings. The molecule has 1 aliphatic rings. The highest BCUT2D eigenvalue weighted by molar-refractivity contribution is 5.15. The molecule has 0 saturated heterocycles. The molecule has 1 aromatic carbocycles. The lowest BCUT2D eigenvalue weighted by Crippen LogP contribution is -2.40. The molecule has 1 saturated carbocycles. The van der Waals surface area contributed by atoms with Crippen molar-refractivity contribution in [1.29, 1.82) is 0 Å². The Balaban J connectivity index is 1.57. The Morgan fingerprint density at radius 1 is 1.16 bits per heavy atom. The molecule has 5 nitrogen and oxygen atoms in total. The van der Waals surface area contributed by atoms with Crippen molar-refractivity contribution >= 4 is 0 Å². The van der Waals surface area contributed by atoms with Gasteiger partial charge in [-0.05, 0) is 31.7 Å². The van der Waals surface area contributed by atoms with E-state index in [4.69, 9.17) is 4.52 Å². The van der Waals surface area contributed by atoms with Gasteiger partial charge in [-0.2, -0.15) is 4.98 Å². The lowest BCUT2D eigenvalue weighted by molar-refractivity contribution is 0.0689. The standard InChI is InChI=1S/C20H29N3O2/c1-16(24)14-23(18-10-6-3-7-11-18)15-20-21-19(22-25-20)13-12-17-8-4-2-5-9-17/h2,4-5,8-9,16,18,24H,3,6-7,10-15H2,1H3. The second-order valence-electron chi connectivity index (χ2n) is 7.16. The lowest BCUT2D eigenvalue weighted by atomic mass is 9.94. The Hall–Kier alpha value is -1.72. The summed E-state index contributed by atoms with van der Waals surface area (Å²) in [4.78, 5) is 6.88. The molecule has 0 aliphatic heterocycles. The fourth-order valence-corrected chi connectivity index (χ4v) is 3.66. The van der Waals surface area contributed by atoms with Crippen LogP contribution < -0.4 is 0 Å². The average Bonchev–Trinajstić information content (AvgIpc) is 3.08. The van der Waals surface area contributed by atoms with Crippen LogP contribution in [-0.2, 0) is 19.4 Å². The van der Waals surface area contributed by atoms with E-state index in [1.54, 1.807) is 0 Å². The van der Waals surface area contributed by atoms with Crippen LogP contribution in [0.5, 0.6) is 0 Å². The Bertz CT molecular complexity index is 621. The summed E-state index contributed by atoms with van der Waals surface area (Å²) in [5, 5.41) is 14.0. The maximum Gasteiger partial charge on any atom is 0.240 e. The summed E-state index contributed by atoms with van der Waals surface area (Å²) in [6.07, 6.45) is 7.61. The molecule has 3 rings (SSSR count). The predicted molar refractivity (Wildman–Crippen MR) is 97.1 cm³/mol. The van der Waals surface area contributed by atoms with Crippen LogP contribution in [0.1, 0.15) is 56.3 Å². The fraction of sp³-hybridized carbons (Fsp3) is 0.600. The van der Waals surface area contributed by atoms with Gasteiger partial charge in [0.05, 0.1) is 12.6 Å². The SMILES string of the molecule is CC(O)CN(Cc1nc(CCc2ccccc2)no1)C1CCCCC1. The molecule has 0 radical (unpaired) electrons. The molecule has 1 unspecified atom stereocenters. The first-order chi connectivity index (χ1) is 12.2. The van der Waals surface area contributed by atoms with Crippen molar-refractivity contribution in [3.63, 3.8) is 0 Å². The third-order valence-corrected chi connectivity index (χ3v) is 4.92. The van der Waals surface area contributed by atoms with Crippen molar-refractivity contribution in [2.75, 3.05) is 6.54 Å². The highest BCUT2D eigenvalue weighted by atomic mass is 16.5. The van der Waals surface area contributed by atoms with Crippen LogP contribution in [0.15, 0.2) is 34.9 Å². The van der Waals surface area contributed by atoms with Crippen LogP contribution in [0.4, 0.5) is 0 Å². The first-order valence-corrected chi connectivity index (χ1v) is 9.48. The monoisotopic (exact) mass is 343 g/mol. The van der Waals surface area contributed by atoms with E-state index in [9.17, 15) is 5.11 Å². The smallest absolute Gasteiger partial charge is 0.240 e. The van der Waals surface area contributed by atoms with Gasteiger partial charge in [0.1, 0.15) is 0 Å². The number of aryl methyl sites for hydroxylation is 2. The van der Waals surface area contributed by atoms with E-state index in [0.29, 0.717) is 25.0 Å². The largest absolute Gasteiger partial charge is 0.392 e. The number of hydrogen-bond donors (Lipinski definition) is 1. The second kappa shape index (κ2) is 9.11. The molecule has 25 heavy (non-hydrogen) atoms. The third-order valence-electron chi connectivity index (χ3n) is 4.92. The maximum absolute atomic E-state index is 9.84. The summed E-state index contributed by atoms with van der Waals surface area (Å²) in [5.41, 5.74) is 1.28. The molecule has 1 aromatic heterocycles. The molecule has 2 aromatic rings. The summed E-state index contributed by atoms with van der Waals surface area (Å²) < 4.78 is 5.47. The van der Waals surface area contributed by atoms with Crippen LogP contribution in [-0.4, -0.2) is 38.8 Å². The van der Waals surface area contributed by atoms with E-state index in [1.165, 1.54) is 37.7 Å². The highest BCUT2D eigenvalue weighted by Crippen LogP contribution is 2.24. The normalized spacial score (nSPS) is 17.1. The van der Waals surface area contributed by atoms with Gasteiger partial charge in [0.25, 0.3) is 0 Å². The Morgan fingerprint density at radius 2 is 1.92 bits per heavy atom. The molecule has 1 heterocycles. The molecular weight excluding hydrogens is 314 g/mol. The summed E-state index contributed by atoms with van der Waals surface area (Å²) in [6, 6.07) is 10.9. The van der Waals surface area contributed by atoms with Gasteiger partial charge in [-0.1, -0.05) is 54.8 Å². The van der Waals surface area contributed by atoms with Crippen molar-refractivity contribution in [2.24, 2.45) is 0 Å². The molecular formula is C20H29N3O2. The van der Waals surface area contributed by atoms with Gasteiger partial charge in [0, 0.05) is 19.0 Å². The molecule has 5 heteroatoms. The number of rotatable bonds is 8. The number of aliphatic hydroxyl groups is 1. The Labute approximate surface area is 150 Å². The minimum absolute atomic E-state index is 0.345. The molecule has 0 spiro atoms. The molecule has 136 valence electrons. The maximum atomic E-state index is 9.84. The van der Waals surface area contributed by atoms with Crippen LogP contribution in [0.3, 0.4) is 0 Å². The zero-order chi connectivity index (χ0) is 17.5. The van der Waals surface area contributed by atoms with Gasteiger partial charge in [0.15, 0.2) is 5.82 Å². The highest BCUT2D eigenvalue weighted by Gasteiger charge is 2.24. The summed E-state index contributed by atoms with van der Waals surface area (Å²) in [7, 11) is 0. The van der Waals surface area contributed by atoms with E-state index in [2.05, 4.69) is 39.3 Å². The summed E-state index contributed by atoms with van der Waals surface area (Å²) >= 11 is 0. The quantitative estimate of drug-likeness (QED) is 0.796. The molecule has 0 amide bonds. The second-order valence-corrected chi connectivity index (χ2v) is 7.16. The third kappa shape index (κ3) is 5.65. The van der Waals surface area contributed by atoms with Crippen LogP contribution in [0.2, 0.25) is 0 Å². The summed E-state index contributed by atoms with van der Waals surface area (Å²) in [6.45, 7) is 3.13. The van der Waals surface area contributed by atoms with Crippen molar-refractivity contribution in [2.45, 2.75) is 70.6 Å². The zero-order valence-electron chi connectivity index (χ0n) is 15.1. The van der Waals surface area contributed by atoms with Crippen molar-refractivity contribution in [3.8, 4) is 0 Å². The minimum atomic E-state index is -0.345. The van der Waals surface area contributed by atoms with Crippen LogP contribution >= 0.6 is 0 Å². The molecule has 1 aliphatic carbocycles. The minimum Gasteiger partial charge on any atom is -0.392 e. The fourth-order valence-electron chi connectivity index (χ4n) is 3.66. The topological polar surface area (TPSA) is 62.4 Å². The van der Waals surface area contributed by atoms with Gasteiger partial charge in [-0.3, -0.25) is 4.90 Å². The van der Waals surface area contributed by atoms with Crippen molar-refractivity contribution in [1.82, 2.24) is 15.0 Å². The van der Waals surface area contributed by atoms with Gasteiger partial charge in [0.2, 0.25) is 5.89 Å². The molecule has 1 atom stereocenters. The van der Waals surface area contributed by atoms with Crippen molar-refractivity contribution in [3.05, 3.63) is 47.6 Å². The first-order valence-electron chi connectivity index (χ1n) is 9.48. The number of aliphatic hydroxyl groups excluding tert-OH is 1. The van der Waals surface area contributed by atoms with Crippen LogP contribution in [0, 0.1) is 0 Å². The molecule has 1 N–H and O–H groups in total. The molecule has 0 bridgehead atoms. The number of nitrogens with zero attached hydrogens (tertiary/aromatic N) is 3. The van der Waals surface area contributed by atoms with Gasteiger partial charge in [-0.15, -0.1) is 0 Å². The number of hydrogen-bond acceptors (Lipinski definition) is 5. The average molecular weight is 343 g/mol. The van der Waals surface area contributed by atoms with E-state index in [0.717, 1.165) is 18.7 Å². The van der Waals surface area contributed by atoms with Gasteiger partial charge < -0.3 is 9.63 Å². The van der Waals surface area contributed by atoms with Crippen molar-refractivity contribution < 1.29 is 9.63 Å². The van der Waals surface area contributed by atoms with E-state index in [1.807, 2.05) is 13.0 Å². The first kappa shape index (κ1) is 18.1. The van der Waals surface area contributed by atoms with E-state index in [-0.39, 0.29) is 6.10 Å². The van der Waals surface area contributed by atoms with Crippen LogP contribution in [0.25, 0.3) is 0 Å². The Morgan fingerprint density at radius 3 is 2.64 bits per heavy atom. The summed E-state index contributed by atoms with van der Waals surface area (Å²) in [5.74, 6) is 1.42. The Kier molecular flexibility index (Phi) is 6.59. The lowest BCUT2D eigenvalue weighted by Gasteiger charge is -2.34. The zero-order valence-corrected chi connectivity index (χ0v) is 15.1. The van der Waals surface area contributed by atoms with E-state index >= 15 is 0 Å². The number of benzene rings is 1. The van der Waals surface area contributed by atoms with Gasteiger partial charge in [-0.25, -0.2) is 0 Å². The van der Waals surface area contributed by atoms with E-state index < -0.39 is 0 Å².